The van der Waals surface area contributed by atoms with Gasteiger partial charge in [-0.25, -0.2) is 9.69 Å². The van der Waals surface area contributed by atoms with Gasteiger partial charge in [0.15, 0.2) is 6.10 Å². The van der Waals surface area contributed by atoms with Crippen molar-refractivity contribution in [1.29, 1.82) is 0 Å². The van der Waals surface area contributed by atoms with E-state index in [4.69, 9.17) is 21.1 Å². The van der Waals surface area contributed by atoms with Gasteiger partial charge in [0.05, 0.1) is 13.2 Å². The van der Waals surface area contributed by atoms with Crippen molar-refractivity contribution in [3.63, 3.8) is 0 Å². The van der Waals surface area contributed by atoms with Crippen LogP contribution in [0.5, 0.6) is 5.75 Å². The number of carbonyl (C=O) groups excluding carboxylic acids is 2. The number of nitrogens with zero attached hydrogens (tertiary/aromatic N) is 1. The van der Waals surface area contributed by atoms with E-state index in [2.05, 4.69) is 6.92 Å². The highest BCUT2D eigenvalue weighted by Crippen LogP contribution is 2.28. The molecule has 0 spiro atoms. The highest BCUT2D eigenvalue weighted by Gasteiger charge is 2.40. The van der Waals surface area contributed by atoms with E-state index in [-0.39, 0.29) is 12.5 Å². The van der Waals surface area contributed by atoms with Crippen LogP contribution in [0, 0.1) is 0 Å². The van der Waals surface area contributed by atoms with E-state index in [0.717, 1.165) is 31.2 Å². The second kappa shape index (κ2) is 15.2. The maximum absolute atomic E-state index is 12.6. The van der Waals surface area contributed by atoms with Gasteiger partial charge in [0.2, 0.25) is 0 Å². The summed E-state index contributed by atoms with van der Waals surface area (Å²) in [6.45, 7) is 5.03. The zero-order valence-electron chi connectivity index (χ0n) is 19.9. The Morgan fingerprint density at radius 1 is 0.906 bits per heavy atom. The van der Waals surface area contributed by atoms with Gasteiger partial charge in [0.25, 0.3) is 5.91 Å². The minimum absolute atomic E-state index is 0.119. The largest absolute Gasteiger partial charge is 0.493 e. The number of amides is 2. The Balaban J connectivity index is 1.75. The number of cyclic esters (lactones) is 1. The molecule has 0 aliphatic carbocycles. The number of carbonyl (C=O) groups is 2. The van der Waals surface area contributed by atoms with Crippen molar-refractivity contribution in [3.05, 3.63) is 28.8 Å². The van der Waals surface area contributed by atoms with Crippen molar-refractivity contribution in [2.75, 3.05) is 6.61 Å². The summed E-state index contributed by atoms with van der Waals surface area (Å²) >= 11 is 6.17. The van der Waals surface area contributed by atoms with Gasteiger partial charge in [-0.15, -0.1) is 0 Å². The first-order chi connectivity index (χ1) is 15.6. The summed E-state index contributed by atoms with van der Waals surface area (Å²) in [6, 6.07) is 5.34. The quantitative estimate of drug-likeness (QED) is 0.221. The van der Waals surface area contributed by atoms with Crippen LogP contribution in [0.25, 0.3) is 0 Å². The predicted octanol–water partition coefficient (Wildman–Crippen LogP) is 7.68. The Morgan fingerprint density at radius 2 is 1.53 bits per heavy atom. The Kier molecular flexibility index (Phi) is 12.5. The van der Waals surface area contributed by atoms with Gasteiger partial charge < -0.3 is 9.47 Å². The number of ether oxygens (including phenoxy) is 2. The van der Waals surface area contributed by atoms with E-state index >= 15 is 0 Å². The first-order valence-electron chi connectivity index (χ1n) is 12.5. The molecular weight excluding hydrogens is 426 g/mol. The van der Waals surface area contributed by atoms with Gasteiger partial charge in [-0.05, 0) is 37.5 Å². The fourth-order valence-corrected chi connectivity index (χ4v) is 4.16. The van der Waals surface area contributed by atoms with Gasteiger partial charge in [0.1, 0.15) is 5.75 Å². The second-order valence-corrected chi connectivity index (χ2v) is 9.16. The third-order valence-corrected chi connectivity index (χ3v) is 6.17. The van der Waals surface area contributed by atoms with Crippen LogP contribution in [0.1, 0.15) is 103 Å². The Bertz CT molecular complexity index is 709. The number of halogens is 1. The summed E-state index contributed by atoms with van der Waals surface area (Å²) < 4.78 is 11.3. The van der Waals surface area contributed by atoms with Crippen molar-refractivity contribution in [2.24, 2.45) is 0 Å². The lowest BCUT2D eigenvalue weighted by Crippen LogP contribution is -2.31. The smallest absolute Gasteiger partial charge is 0.417 e. The van der Waals surface area contributed by atoms with Crippen LogP contribution in [-0.4, -0.2) is 29.6 Å². The first kappa shape index (κ1) is 26.5. The lowest BCUT2D eigenvalue weighted by Gasteiger charge is -2.16. The van der Waals surface area contributed by atoms with Gasteiger partial charge in [-0.2, -0.15) is 0 Å². The van der Waals surface area contributed by atoms with Crippen molar-refractivity contribution < 1.29 is 19.1 Å². The Labute approximate surface area is 198 Å². The Morgan fingerprint density at radius 3 is 2.19 bits per heavy atom. The third-order valence-electron chi connectivity index (χ3n) is 5.93. The summed E-state index contributed by atoms with van der Waals surface area (Å²) in [6.07, 6.45) is 13.8. The lowest BCUT2D eigenvalue weighted by atomic mass is 10.1. The second-order valence-electron chi connectivity index (χ2n) is 8.72. The molecule has 0 saturated carbocycles. The summed E-state index contributed by atoms with van der Waals surface area (Å²) in [5.41, 5.74) is 0.728. The SMILES string of the molecule is CCCCCCCCCCCCOc1ccc(Cl)cc1CN1C(=O)OC(CCCC)C1=O. The summed E-state index contributed by atoms with van der Waals surface area (Å²) in [4.78, 5) is 26.0. The van der Waals surface area contributed by atoms with E-state index in [9.17, 15) is 9.59 Å². The van der Waals surface area contributed by atoms with Crippen LogP contribution in [-0.2, 0) is 16.1 Å². The van der Waals surface area contributed by atoms with Crippen molar-refractivity contribution >= 4 is 23.6 Å². The van der Waals surface area contributed by atoms with Crippen molar-refractivity contribution in [3.8, 4) is 5.75 Å². The van der Waals surface area contributed by atoms with Crippen LogP contribution in [0.3, 0.4) is 0 Å². The molecule has 1 heterocycles. The van der Waals surface area contributed by atoms with Crippen molar-refractivity contribution in [1.82, 2.24) is 4.90 Å². The molecule has 1 fully saturated rings. The van der Waals surface area contributed by atoms with Gasteiger partial charge >= 0.3 is 6.09 Å². The molecule has 5 nitrogen and oxygen atoms in total. The van der Waals surface area contributed by atoms with Crippen LogP contribution in [0.15, 0.2) is 18.2 Å². The molecule has 0 bridgehead atoms. The fraction of sp³-hybridized carbons (Fsp3) is 0.692. The molecule has 1 aliphatic rings. The van der Waals surface area contributed by atoms with E-state index in [1.165, 1.54) is 56.3 Å². The summed E-state index contributed by atoms with van der Waals surface area (Å²) in [5, 5.41) is 0.550. The van der Waals surface area contributed by atoms with Crippen LogP contribution < -0.4 is 4.74 Å². The number of hydrogen-bond acceptors (Lipinski definition) is 4. The van der Waals surface area contributed by atoms with E-state index in [0.29, 0.717) is 23.8 Å². The Hall–Kier alpha value is -1.75. The number of unbranched alkanes of at least 4 members (excludes halogenated alkanes) is 10. The highest BCUT2D eigenvalue weighted by molar-refractivity contribution is 6.30. The maximum Gasteiger partial charge on any atom is 0.417 e. The number of hydrogen-bond donors (Lipinski definition) is 0. The molecule has 2 amide bonds. The molecule has 1 aliphatic heterocycles. The molecule has 6 heteroatoms. The lowest BCUT2D eigenvalue weighted by molar-refractivity contribution is -0.130. The minimum atomic E-state index is -0.669. The van der Waals surface area contributed by atoms with E-state index in [1.54, 1.807) is 12.1 Å². The van der Waals surface area contributed by atoms with E-state index in [1.807, 2.05) is 13.0 Å². The average molecular weight is 466 g/mol. The first-order valence-corrected chi connectivity index (χ1v) is 12.9. The number of imide groups is 1. The molecule has 32 heavy (non-hydrogen) atoms. The van der Waals surface area contributed by atoms with Crippen LogP contribution in [0.2, 0.25) is 5.02 Å². The van der Waals surface area contributed by atoms with Crippen molar-refractivity contribution in [2.45, 2.75) is 110 Å². The molecule has 1 aromatic carbocycles. The monoisotopic (exact) mass is 465 g/mol. The van der Waals surface area contributed by atoms with Crippen LogP contribution in [0.4, 0.5) is 4.79 Å². The van der Waals surface area contributed by atoms with E-state index < -0.39 is 12.2 Å². The fourth-order valence-electron chi connectivity index (χ4n) is 3.97. The molecule has 1 saturated heterocycles. The zero-order valence-corrected chi connectivity index (χ0v) is 20.6. The third kappa shape index (κ3) is 9.01. The molecule has 1 aromatic rings. The molecule has 0 N–H and O–H groups in total. The average Bonchev–Trinajstić information content (AvgIpc) is 3.04. The predicted molar refractivity (Wildman–Crippen MR) is 129 cm³/mol. The standard InChI is InChI=1S/C26H40ClNO4/c1-3-5-7-8-9-10-11-12-13-14-18-31-23-17-16-22(27)19-21(23)20-28-25(29)24(15-6-4-2)32-26(28)30/h16-17,19,24H,3-15,18,20H2,1-2H3. The number of rotatable bonds is 17. The van der Waals surface area contributed by atoms with Gasteiger partial charge in [-0.3, -0.25) is 4.79 Å². The molecular formula is C26H40ClNO4. The molecule has 2 rings (SSSR count). The molecule has 1 unspecified atom stereocenters. The van der Waals surface area contributed by atoms with Crippen LogP contribution >= 0.6 is 11.6 Å². The summed E-state index contributed by atoms with van der Waals surface area (Å²) in [5.74, 6) is 0.395. The van der Waals surface area contributed by atoms with Gasteiger partial charge in [0, 0.05) is 10.6 Å². The highest BCUT2D eigenvalue weighted by atomic mass is 35.5. The molecule has 1 atom stereocenters. The molecule has 0 aromatic heterocycles. The summed E-state index contributed by atoms with van der Waals surface area (Å²) in [7, 11) is 0. The molecule has 0 radical (unpaired) electrons. The maximum atomic E-state index is 12.6. The number of benzene rings is 1. The van der Waals surface area contributed by atoms with Gasteiger partial charge in [-0.1, -0.05) is 89.7 Å². The normalized spacial score (nSPS) is 16.0. The minimum Gasteiger partial charge on any atom is -0.493 e. The zero-order chi connectivity index (χ0) is 23.2. The molecule has 180 valence electrons. The topological polar surface area (TPSA) is 55.8 Å².